The Labute approximate surface area is 117 Å². The number of carbonyl (C=O) groups is 2. The molecule has 0 aromatic rings. The first-order valence-electron chi connectivity index (χ1n) is 7.19. The highest BCUT2D eigenvalue weighted by molar-refractivity contribution is 8.14. The molecule has 2 N–H and O–H groups in total. The van der Waals surface area contributed by atoms with Gasteiger partial charge in [0.2, 0.25) is 5.91 Å². The molecule has 2 amide bonds. The Morgan fingerprint density at radius 2 is 2.21 bits per heavy atom. The molecule has 3 rings (SSSR count). The van der Waals surface area contributed by atoms with E-state index in [1.54, 1.807) is 0 Å². The Morgan fingerprint density at radius 1 is 1.32 bits per heavy atom. The van der Waals surface area contributed by atoms with Gasteiger partial charge in [-0.2, -0.15) is 0 Å². The highest BCUT2D eigenvalue weighted by atomic mass is 32.2. The molecule has 6 heteroatoms. The van der Waals surface area contributed by atoms with Crippen molar-refractivity contribution in [2.75, 3.05) is 25.4 Å². The van der Waals surface area contributed by atoms with Crippen LogP contribution < -0.4 is 10.6 Å². The van der Waals surface area contributed by atoms with E-state index in [4.69, 9.17) is 0 Å². The van der Waals surface area contributed by atoms with Gasteiger partial charge in [0.15, 0.2) is 0 Å². The molecule has 3 fully saturated rings. The molecular weight excluding hydrogens is 262 g/mol. The minimum Gasteiger partial charge on any atom is -0.341 e. The molecule has 3 atom stereocenters. The van der Waals surface area contributed by atoms with Crippen LogP contribution in [0, 0.1) is 5.92 Å². The molecule has 3 aliphatic rings. The molecule has 0 saturated carbocycles. The zero-order valence-electron chi connectivity index (χ0n) is 11.1. The van der Waals surface area contributed by atoms with Crippen molar-refractivity contribution in [1.29, 1.82) is 0 Å². The van der Waals surface area contributed by atoms with Crippen LogP contribution in [-0.4, -0.2) is 53.5 Å². The van der Waals surface area contributed by atoms with Gasteiger partial charge in [-0.25, -0.2) is 0 Å². The average Bonchev–Trinajstić information content (AvgIpc) is 3.09. The van der Waals surface area contributed by atoms with Crippen LogP contribution in [0.15, 0.2) is 0 Å². The second-order valence-electron chi connectivity index (χ2n) is 5.68. The Bertz CT molecular complexity index is 371. The predicted octanol–water partition coefficient (Wildman–Crippen LogP) is 0.802. The summed E-state index contributed by atoms with van der Waals surface area (Å²) in [4.78, 5) is 25.5. The molecule has 19 heavy (non-hydrogen) atoms. The number of piperidine rings is 1. The standard InChI is InChI=1S/C13H21N3O2S/c17-12(11-8-19-13(18)15-11)16-6-2-3-9(7-16)10-4-1-5-14-10/h9-11,14H,1-8H2,(H,15,18). The molecule has 3 unspecified atom stereocenters. The van der Waals surface area contributed by atoms with Crippen molar-refractivity contribution in [3.63, 3.8) is 0 Å². The topological polar surface area (TPSA) is 61.4 Å². The summed E-state index contributed by atoms with van der Waals surface area (Å²) >= 11 is 1.21. The lowest BCUT2D eigenvalue weighted by Gasteiger charge is -2.36. The number of hydrogen-bond donors (Lipinski definition) is 2. The molecule has 5 nitrogen and oxygen atoms in total. The van der Waals surface area contributed by atoms with Crippen LogP contribution in [0.3, 0.4) is 0 Å². The van der Waals surface area contributed by atoms with E-state index in [9.17, 15) is 9.59 Å². The van der Waals surface area contributed by atoms with Crippen molar-refractivity contribution in [1.82, 2.24) is 15.5 Å². The van der Waals surface area contributed by atoms with Crippen molar-refractivity contribution < 1.29 is 9.59 Å². The fourth-order valence-corrected chi connectivity index (χ4v) is 4.16. The Kier molecular flexibility index (Phi) is 3.98. The smallest absolute Gasteiger partial charge is 0.279 e. The van der Waals surface area contributed by atoms with Crippen LogP contribution in [0.4, 0.5) is 4.79 Å². The molecule has 0 aromatic heterocycles. The van der Waals surface area contributed by atoms with Crippen molar-refractivity contribution >= 4 is 22.9 Å². The lowest BCUT2D eigenvalue weighted by molar-refractivity contribution is -0.134. The molecule has 3 saturated heterocycles. The highest BCUT2D eigenvalue weighted by Gasteiger charge is 2.35. The Morgan fingerprint density at radius 3 is 2.89 bits per heavy atom. The number of hydrogen-bond acceptors (Lipinski definition) is 4. The number of nitrogens with zero attached hydrogens (tertiary/aromatic N) is 1. The number of carbonyl (C=O) groups excluding carboxylic acids is 2. The molecule has 0 aromatic carbocycles. The second kappa shape index (κ2) is 5.71. The zero-order chi connectivity index (χ0) is 13.2. The van der Waals surface area contributed by atoms with Crippen LogP contribution in [0.1, 0.15) is 25.7 Å². The third-order valence-electron chi connectivity index (χ3n) is 4.41. The fraction of sp³-hybridized carbons (Fsp3) is 0.846. The lowest BCUT2D eigenvalue weighted by Crippen LogP contribution is -2.51. The van der Waals surface area contributed by atoms with Crippen molar-refractivity contribution in [3.8, 4) is 0 Å². The molecule has 0 bridgehead atoms. The van der Waals surface area contributed by atoms with E-state index in [2.05, 4.69) is 10.6 Å². The van der Waals surface area contributed by atoms with Gasteiger partial charge >= 0.3 is 0 Å². The molecule has 0 aliphatic carbocycles. The largest absolute Gasteiger partial charge is 0.341 e. The quantitative estimate of drug-likeness (QED) is 0.787. The summed E-state index contributed by atoms with van der Waals surface area (Å²) in [5.74, 6) is 1.28. The molecule has 106 valence electrons. The third kappa shape index (κ3) is 2.89. The minimum atomic E-state index is -0.298. The summed E-state index contributed by atoms with van der Waals surface area (Å²) in [7, 11) is 0. The number of thioether (sulfide) groups is 1. The summed E-state index contributed by atoms with van der Waals surface area (Å²) < 4.78 is 0. The number of rotatable bonds is 2. The summed E-state index contributed by atoms with van der Waals surface area (Å²) in [5, 5.41) is 6.24. The van der Waals surface area contributed by atoms with Crippen LogP contribution in [0.5, 0.6) is 0 Å². The minimum absolute atomic E-state index is 0.0654. The molecule has 0 spiro atoms. The first-order chi connectivity index (χ1) is 9.24. The van der Waals surface area contributed by atoms with Gasteiger partial charge < -0.3 is 15.5 Å². The van der Waals surface area contributed by atoms with E-state index in [1.807, 2.05) is 4.90 Å². The molecule has 3 aliphatic heterocycles. The van der Waals surface area contributed by atoms with Crippen LogP contribution >= 0.6 is 11.8 Å². The summed E-state index contributed by atoms with van der Waals surface area (Å²) in [5.41, 5.74) is 0. The van der Waals surface area contributed by atoms with Crippen LogP contribution in [0.25, 0.3) is 0 Å². The van der Waals surface area contributed by atoms with E-state index in [1.165, 1.54) is 31.0 Å². The van der Waals surface area contributed by atoms with E-state index >= 15 is 0 Å². The van der Waals surface area contributed by atoms with Crippen molar-refractivity contribution in [3.05, 3.63) is 0 Å². The lowest BCUT2D eigenvalue weighted by atomic mass is 9.89. The van der Waals surface area contributed by atoms with E-state index in [0.29, 0.717) is 17.7 Å². The van der Waals surface area contributed by atoms with Gasteiger partial charge in [0.05, 0.1) is 0 Å². The third-order valence-corrected chi connectivity index (χ3v) is 5.29. The molecule has 0 radical (unpaired) electrons. The predicted molar refractivity (Wildman–Crippen MR) is 75.1 cm³/mol. The Balaban J connectivity index is 1.58. The van der Waals surface area contributed by atoms with Crippen molar-refractivity contribution in [2.45, 2.75) is 37.8 Å². The number of likely N-dealkylation sites (tertiary alicyclic amines) is 1. The first-order valence-corrected chi connectivity index (χ1v) is 8.18. The normalized spacial score (nSPS) is 35.5. The number of nitrogens with one attached hydrogen (secondary N) is 2. The van der Waals surface area contributed by atoms with Gasteiger partial charge in [-0.3, -0.25) is 9.59 Å². The van der Waals surface area contributed by atoms with Gasteiger partial charge in [-0.05, 0) is 38.1 Å². The summed E-state index contributed by atoms with van der Waals surface area (Å²) in [6.45, 7) is 2.82. The fourth-order valence-electron chi connectivity index (χ4n) is 3.39. The SMILES string of the molecule is O=C1NC(C(=O)N2CCCC(C3CCCN3)C2)CS1. The van der Waals surface area contributed by atoms with Crippen molar-refractivity contribution in [2.24, 2.45) is 5.92 Å². The number of amides is 2. The average molecular weight is 283 g/mol. The first kappa shape index (κ1) is 13.2. The van der Waals surface area contributed by atoms with Gasteiger partial charge in [-0.1, -0.05) is 11.8 Å². The molecule has 3 heterocycles. The highest BCUT2D eigenvalue weighted by Crippen LogP contribution is 2.26. The molecular formula is C13H21N3O2S. The summed E-state index contributed by atoms with van der Waals surface area (Å²) in [6.07, 6.45) is 4.79. The van der Waals surface area contributed by atoms with Crippen LogP contribution in [-0.2, 0) is 4.79 Å². The van der Waals surface area contributed by atoms with E-state index in [0.717, 1.165) is 26.1 Å². The van der Waals surface area contributed by atoms with Gasteiger partial charge in [0.25, 0.3) is 5.24 Å². The Hall–Kier alpha value is -0.750. The van der Waals surface area contributed by atoms with E-state index in [-0.39, 0.29) is 17.2 Å². The van der Waals surface area contributed by atoms with Gasteiger partial charge in [0.1, 0.15) is 6.04 Å². The second-order valence-corrected chi connectivity index (χ2v) is 6.68. The maximum absolute atomic E-state index is 12.4. The summed E-state index contributed by atoms with van der Waals surface area (Å²) in [6, 6.07) is 0.288. The van der Waals surface area contributed by atoms with Gasteiger partial charge in [0, 0.05) is 24.9 Å². The maximum atomic E-state index is 12.4. The van der Waals surface area contributed by atoms with E-state index < -0.39 is 0 Å². The maximum Gasteiger partial charge on any atom is 0.279 e. The monoisotopic (exact) mass is 283 g/mol. The van der Waals surface area contributed by atoms with Crippen LogP contribution in [0.2, 0.25) is 0 Å². The van der Waals surface area contributed by atoms with Gasteiger partial charge in [-0.15, -0.1) is 0 Å². The zero-order valence-corrected chi connectivity index (χ0v) is 11.9.